The molecule has 0 saturated heterocycles. The molecule has 0 aliphatic carbocycles. The van der Waals surface area contributed by atoms with Crippen molar-refractivity contribution in [3.63, 3.8) is 0 Å². The van der Waals surface area contributed by atoms with Gasteiger partial charge in [0.25, 0.3) is 0 Å². The fourth-order valence-electron chi connectivity index (χ4n) is 6.96. The summed E-state index contributed by atoms with van der Waals surface area (Å²) >= 11 is 1.79. The van der Waals surface area contributed by atoms with Crippen molar-refractivity contribution in [2.24, 2.45) is 0 Å². The van der Waals surface area contributed by atoms with Crippen molar-refractivity contribution in [3.05, 3.63) is 176 Å². The van der Waals surface area contributed by atoms with Crippen LogP contribution in [0.3, 0.4) is 0 Å². The van der Waals surface area contributed by atoms with Gasteiger partial charge in [-0.1, -0.05) is 146 Å². The number of benzene rings is 6. The van der Waals surface area contributed by atoms with Crippen LogP contribution in [0.25, 0.3) is 98.9 Å². The number of nitrogens with zero attached hydrogens (tertiary/aromatic N) is 5. The van der Waals surface area contributed by atoms with Crippen molar-refractivity contribution in [2.45, 2.75) is 0 Å². The van der Waals surface area contributed by atoms with E-state index in [0.29, 0.717) is 17.5 Å². The van der Waals surface area contributed by atoms with E-state index in [2.05, 4.69) is 132 Å². The molecule has 6 aromatic carbocycles. The molecular formula is C47H29N5S. The molecule has 4 aromatic heterocycles. The zero-order valence-corrected chi connectivity index (χ0v) is 29.2. The molecule has 248 valence electrons. The number of pyridine rings is 2. The van der Waals surface area contributed by atoms with Crippen molar-refractivity contribution in [3.8, 4) is 67.7 Å². The van der Waals surface area contributed by atoms with Crippen molar-refractivity contribution in [1.82, 2.24) is 24.9 Å². The molecule has 0 N–H and O–H groups in total. The van der Waals surface area contributed by atoms with Crippen LogP contribution in [0.1, 0.15) is 0 Å². The molecule has 53 heavy (non-hydrogen) atoms. The molecule has 10 aromatic rings. The highest BCUT2D eigenvalue weighted by atomic mass is 32.1. The zero-order valence-electron chi connectivity index (χ0n) is 28.4. The summed E-state index contributed by atoms with van der Waals surface area (Å²) in [5.41, 5.74) is 10.0. The van der Waals surface area contributed by atoms with Gasteiger partial charge in [-0.15, -0.1) is 11.3 Å². The monoisotopic (exact) mass is 695 g/mol. The van der Waals surface area contributed by atoms with Crippen LogP contribution in [0.15, 0.2) is 176 Å². The molecule has 0 amide bonds. The van der Waals surface area contributed by atoms with Gasteiger partial charge in [-0.3, -0.25) is 0 Å². The molecule has 0 aliphatic heterocycles. The summed E-state index contributed by atoms with van der Waals surface area (Å²) in [5, 5.41) is 3.54. The van der Waals surface area contributed by atoms with Crippen molar-refractivity contribution in [2.75, 3.05) is 0 Å². The molecule has 0 spiro atoms. The van der Waals surface area contributed by atoms with E-state index in [4.69, 9.17) is 19.9 Å². The minimum Gasteiger partial charge on any atom is -0.237 e. The third kappa shape index (κ3) is 5.72. The Morgan fingerprint density at radius 2 is 0.868 bits per heavy atom. The maximum absolute atomic E-state index is 5.09. The van der Waals surface area contributed by atoms with E-state index in [1.54, 1.807) is 11.3 Å². The summed E-state index contributed by atoms with van der Waals surface area (Å²) in [6, 6.07) is 58.6. The summed E-state index contributed by atoms with van der Waals surface area (Å²) in [4.78, 5) is 24.7. The first-order valence-corrected chi connectivity index (χ1v) is 18.3. The SMILES string of the molecule is c1ccc(-c2ccc(-c3nc(-c4ccccc4)nc(-c4cccc(-c5ccc(-c6nc7ncccc7c7c6sc6ccccc67)cc5)c4)n3)cc2)cc1. The van der Waals surface area contributed by atoms with E-state index in [-0.39, 0.29) is 0 Å². The van der Waals surface area contributed by atoms with Gasteiger partial charge in [0.2, 0.25) is 0 Å². The fraction of sp³-hybridized carbons (Fsp3) is 0. The van der Waals surface area contributed by atoms with Crippen LogP contribution >= 0.6 is 11.3 Å². The second-order valence-electron chi connectivity index (χ2n) is 12.9. The molecule has 0 radical (unpaired) electrons. The number of rotatable bonds is 6. The Hall–Kier alpha value is -6.89. The molecular weight excluding hydrogens is 667 g/mol. The predicted molar refractivity (Wildman–Crippen MR) is 218 cm³/mol. The Bertz CT molecular complexity index is 2920. The third-order valence-electron chi connectivity index (χ3n) is 9.61. The number of hydrogen-bond donors (Lipinski definition) is 0. The van der Waals surface area contributed by atoms with Gasteiger partial charge >= 0.3 is 0 Å². The van der Waals surface area contributed by atoms with Gasteiger partial charge in [-0.05, 0) is 46.5 Å². The van der Waals surface area contributed by atoms with E-state index in [9.17, 15) is 0 Å². The summed E-state index contributed by atoms with van der Waals surface area (Å²) < 4.78 is 2.42. The average Bonchev–Trinajstić information content (AvgIpc) is 3.64. The third-order valence-corrected chi connectivity index (χ3v) is 10.8. The highest BCUT2D eigenvalue weighted by Crippen LogP contribution is 2.42. The van der Waals surface area contributed by atoms with Crippen LogP contribution in [0.5, 0.6) is 0 Å². The van der Waals surface area contributed by atoms with E-state index in [1.165, 1.54) is 25.7 Å². The highest BCUT2D eigenvalue weighted by Gasteiger charge is 2.17. The molecule has 0 aliphatic rings. The van der Waals surface area contributed by atoms with E-state index < -0.39 is 0 Å². The van der Waals surface area contributed by atoms with E-state index >= 15 is 0 Å². The lowest BCUT2D eigenvalue weighted by Gasteiger charge is -2.11. The Labute approximate surface area is 310 Å². The summed E-state index contributed by atoms with van der Waals surface area (Å²) in [7, 11) is 0. The molecule has 0 bridgehead atoms. The van der Waals surface area contributed by atoms with Gasteiger partial charge in [-0.25, -0.2) is 24.9 Å². The lowest BCUT2D eigenvalue weighted by atomic mass is 9.99. The highest BCUT2D eigenvalue weighted by molar-refractivity contribution is 7.26. The lowest BCUT2D eigenvalue weighted by Crippen LogP contribution is -2.00. The number of hydrogen-bond acceptors (Lipinski definition) is 6. The molecule has 0 saturated carbocycles. The van der Waals surface area contributed by atoms with Gasteiger partial charge in [-0.2, -0.15) is 0 Å². The average molecular weight is 696 g/mol. The summed E-state index contributed by atoms with van der Waals surface area (Å²) in [6.07, 6.45) is 1.81. The topological polar surface area (TPSA) is 64.5 Å². The van der Waals surface area contributed by atoms with Gasteiger partial charge in [0, 0.05) is 49.3 Å². The van der Waals surface area contributed by atoms with Crippen molar-refractivity contribution >= 4 is 42.5 Å². The molecule has 4 heterocycles. The smallest absolute Gasteiger partial charge is 0.164 e. The summed E-state index contributed by atoms with van der Waals surface area (Å²) in [6.45, 7) is 0. The van der Waals surface area contributed by atoms with Gasteiger partial charge in [0.1, 0.15) is 0 Å². The van der Waals surface area contributed by atoms with Crippen LogP contribution in [0, 0.1) is 0 Å². The predicted octanol–water partition coefficient (Wildman–Crippen LogP) is 12.2. The second kappa shape index (κ2) is 13.0. The van der Waals surface area contributed by atoms with E-state index in [1.807, 2.05) is 48.7 Å². The van der Waals surface area contributed by atoms with Crippen molar-refractivity contribution in [1.29, 1.82) is 0 Å². The normalized spacial score (nSPS) is 11.4. The maximum atomic E-state index is 5.09. The standard InChI is InChI=1S/C47H29N5S/c1-3-11-30(12-4-1)31-22-26-35(27-23-31)45-50-44(34-13-5-2-6-14-34)51-46(52-45)37-16-9-15-36(29-37)32-20-24-33(25-21-32)42-43-41(38-17-7-8-19-40(38)53-43)39-18-10-28-48-47(39)49-42/h1-29H. The van der Waals surface area contributed by atoms with Crippen LogP contribution < -0.4 is 0 Å². The molecule has 5 nitrogen and oxygen atoms in total. The number of fused-ring (bicyclic) bond motifs is 5. The molecule has 0 atom stereocenters. The zero-order chi connectivity index (χ0) is 35.1. The maximum Gasteiger partial charge on any atom is 0.164 e. The lowest BCUT2D eigenvalue weighted by molar-refractivity contribution is 1.07. The molecule has 10 rings (SSSR count). The minimum absolute atomic E-state index is 0.625. The first kappa shape index (κ1) is 30.9. The quantitative estimate of drug-likeness (QED) is 0.173. The number of aromatic nitrogens is 5. The van der Waals surface area contributed by atoms with Crippen LogP contribution in [-0.2, 0) is 0 Å². The molecule has 0 unspecified atom stereocenters. The van der Waals surface area contributed by atoms with Crippen molar-refractivity contribution < 1.29 is 0 Å². The Kier molecular flexibility index (Phi) is 7.59. The van der Waals surface area contributed by atoms with Gasteiger partial charge in [0.15, 0.2) is 23.1 Å². The van der Waals surface area contributed by atoms with Crippen LogP contribution in [-0.4, -0.2) is 24.9 Å². The van der Waals surface area contributed by atoms with Crippen LogP contribution in [0.4, 0.5) is 0 Å². The fourth-order valence-corrected chi connectivity index (χ4v) is 8.19. The Morgan fingerprint density at radius 1 is 0.358 bits per heavy atom. The largest absolute Gasteiger partial charge is 0.237 e. The van der Waals surface area contributed by atoms with Gasteiger partial charge in [0.05, 0.1) is 10.4 Å². The first-order chi connectivity index (χ1) is 26.2. The minimum atomic E-state index is 0.625. The summed E-state index contributed by atoms with van der Waals surface area (Å²) in [5.74, 6) is 1.89. The molecule has 6 heteroatoms. The van der Waals surface area contributed by atoms with E-state index in [0.717, 1.165) is 55.7 Å². The number of thiophene rings is 1. The Balaban J connectivity index is 1.03. The van der Waals surface area contributed by atoms with Gasteiger partial charge < -0.3 is 0 Å². The first-order valence-electron chi connectivity index (χ1n) is 17.5. The second-order valence-corrected chi connectivity index (χ2v) is 14.0. The Morgan fingerprint density at radius 3 is 1.60 bits per heavy atom. The van der Waals surface area contributed by atoms with Crippen LogP contribution in [0.2, 0.25) is 0 Å². The molecule has 0 fully saturated rings.